The van der Waals surface area contributed by atoms with E-state index in [1.807, 2.05) is 42.5 Å². The van der Waals surface area contributed by atoms with Gasteiger partial charge in [0.1, 0.15) is 29.3 Å². The van der Waals surface area contributed by atoms with Crippen molar-refractivity contribution < 1.29 is 27.8 Å². The molecule has 11 heteroatoms. The normalized spacial score (nSPS) is 12.6. The molecule has 0 amide bonds. The number of para-hydroxylation sites is 1. The van der Waals surface area contributed by atoms with Crippen LogP contribution >= 0.6 is 12.4 Å². The molecular formula is C24H28ClN3O6S. The van der Waals surface area contributed by atoms with Crippen molar-refractivity contribution >= 4 is 50.2 Å². The van der Waals surface area contributed by atoms with Crippen LogP contribution < -0.4 is 14.8 Å². The molecule has 188 valence electrons. The van der Waals surface area contributed by atoms with Crippen molar-refractivity contribution in [3.63, 3.8) is 0 Å². The highest BCUT2D eigenvalue weighted by Crippen LogP contribution is 2.31. The van der Waals surface area contributed by atoms with Crippen LogP contribution in [-0.4, -0.2) is 56.7 Å². The number of aliphatic hydroxyl groups is 1. The minimum absolute atomic E-state index is 0. The maximum Gasteiger partial charge on any atom is 0.301 e. The molecule has 0 spiro atoms. The summed E-state index contributed by atoms with van der Waals surface area (Å²) in [6, 6.07) is 17.9. The number of hydrogen-bond acceptors (Lipinski definition) is 7. The smallest absolute Gasteiger partial charge is 0.301 e. The predicted octanol–water partition coefficient (Wildman–Crippen LogP) is 3.63. The highest BCUT2D eigenvalue weighted by Gasteiger charge is 2.17. The number of aromatic hydroxyl groups is 1. The molecule has 0 aliphatic rings. The van der Waals surface area contributed by atoms with E-state index in [9.17, 15) is 18.6 Å². The van der Waals surface area contributed by atoms with E-state index >= 15 is 0 Å². The Labute approximate surface area is 209 Å². The van der Waals surface area contributed by atoms with Crippen LogP contribution in [0.2, 0.25) is 0 Å². The fraction of sp³-hybridized carbons (Fsp3) is 0.250. The molecule has 1 heterocycles. The van der Waals surface area contributed by atoms with E-state index in [1.165, 1.54) is 32.3 Å². The highest BCUT2D eigenvalue weighted by molar-refractivity contribution is 7.90. The Hall–Kier alpha value is -3.02. The lowest BCUT2D eigenvalue weighted by molar-refractivity contribution is 0.172. The Morgan fingerprint density at radius 2 is 1.77 bits per heavy atom. The predicted molar refractivity (Wildman–Crippen MR) is 139 cm³/mol. The maximum absolute atomic E-state index is 12.0. The van der Waals surface area contributed by atoms with Crippen LogP contribution in [0.1, 0.15) is 11.7 Å². The van der Waals surface area contributed by atoms with Gasteiger partial charge in [-0.05, 0) is 35.9 Å². The summed E-state index contributed by atoms with van der Waals surface area (Å²) < 4.78 is 39.0. The number of aliphatic hydroxyl groups excluding tert-OH is 1. The second kappa shape index (κ2) is 11.1. The first kappa shape index (κ1) is 26.6. The number of phenolic OH excluding ortho intramolecular Hbond substituents is 1. The molecule has 0 bridgehead atoms. The summed E-state index contributed by atoms with van der Waals surface area (Å²) in [5.74, 6) is 0.453. The first-order chi connectivity index (χ1) is 16.2. The molecule has 4 aromatic rings. The fourth-order valence-electron chi connectivity index (χ4n) is 3.47. The number of halogens is 1. The molecule has 0 saturated carbocycles. The molecule has 4 N–H and O–H groups in total. The molecule has 9 nitrogen and oxygen atoms in total. The molecule has 0 radical (unpaired) electrons. The van der Waals surface area contributed by atoms with Crippen LogP contribution in [0.5, 0.6) is 11.5 Å². The zero-order valence-electron chi connectivity index (χ0n) is 19.3. The Bertz CT molecular complexity index is 1410. The Balaban J connectivity index is 0.00000342. The van der Waals surface area contributed by atoms with Gasteiger partial charge in [0.25, 0.3) is 0 Å². The average molecular weight is 522 g/mol. The molecule has 1 atom stereocenters. The van der Waals surface area contributed by atoms with Crippen molar-refractivity contribution in [1.29, 1.82) is 0 Å². The zero-order valence-corrected chi connectivity index (χ0v) is 20.9. The van der Waals surface area contributed by atoms with Gasteiger partial charge < -0.3 is 24.7 Å². The summed E-state index contributed by atoms with van der Waals surface area (Å²) in [6.45, 7) is 1.08. The summed E-state index contributed by atoms with van der Waals surface area (Å²) in [7, 11) is -1.04. The monoisotopic (exact) mass is 521 g/mol. The fourth-order valence-corrected chi connectivity index (χ4v) is 4.09. The second-order valence-electron chi connectivity index (χ2n) is 7.99. The van der Waals surface area contributed by atoms with Crippen LogP contribution in [0, 0.1) is 0 Å². The number of rotatable bonds is 10. The number of anilines is 1. The number of benzene rings is 3. The number of hydrogen-bond donors (Lipinski definition) is 4. The number of nitrogens with one attached hydrogen (secondary N) is 2. The van der Waals surface area contributed by atoms with Gasteiger partial charge in [-0.1, -0.05) is 24.3 Å². The minimum Gasteiger partial charge on any atom is -0.506 e. The van der Waals surface area contributed by atoms with Crippen LogP contribution in [0.4, 0.5) is 5.69 Å². The maximum atomic E-state index is 12.0. The van der Waals surface area contributed by atoms with Crippen molar-refractivity contribution in [2.24, 2.45) is 0 Å². The summed E-state index contributed by atoms with van der Waals surface area (Å²) in [4.78, 5) is 0. The zero-order chi connectivity index (χ0) is 24.3. The lowest BCUT2D eigenvalue weighted by Crippen LogP contribution is -2.29. The minimum atomic E-state index is -3.79. The molecule has 0 fully saturated rings. The van der Waals surface area contributed by atoms with E-state index in [4.69, 9.17) is 9.15 Å². The van der Waals surface area contributed by atoms with Crippen molar-refractivity contribution in [2.45, 2.75) is 6.10 Å². The van der Waals surface area contributed by atoms with Crippen LogP contribution in [0.15, 0.2) is 65.1 Å². The molecule has 0 saturated heterocycles. The van der Waals surface area contributed by atoms with Crippen molar-refractivity contribution in [1.82, 2.24) is 9.62 Å². The van der Waals surface area contributed by atoms with Gasteiger partial charge in [0.2, 0.25) is 0 Å². The lowest BCUT2D eigenvalue weighted by atomic mass is 10.1. The molecule has 0 unspecified atom stereocenters. The highest BCUT2D eigenvalue weighted by atomic mass is 35.5. The first-order valence-corrected chi connectivity index (χ1v) is 12.1. The van der Waals surface area contributed by atoms with E-state index in [-0.39, 0.29) is 30.4 Å². The molecule has 0 aliphatic carbocycles. The summed E-state index contributed by atoms with van der Waals surface area (Å²) in [6.07, 6.45) is -0.907. The van der Waals surface area contributed by atoms with Gasteiger partial charge in [-0.2, -0.15) is 12.7 Å². The van der Waals surface area contributed by atoms with Crippen molar-refractivity contribution in [3.8, 4) is 11.5 Å². The quantitative estimate of drug-likeness (QED) is 0.185. The van der Waals surface area contributed by atoms with Crippen LogP contribution in [0.25, 0.3) is 21.9 Å². The van der Waals surface area contributed by atoms with E-state index in [1.54, 1.807) is 0 Å². The van der Waals surface area contributed by atoms with Crippen LogP contribution in [-0.2, 0) is 10.2 Å². The summed E-state index contributed by atoms with van der Waals surface area (Å²) in [5, 5.41) is 25.6. The standard InChI is InChI=1S/C24H27N3O6S.ClH/c1-27(2)34(30,31)26-20-13-16(7-10-21(20)28)22(29)15-25-11-12-32-17-8-9-19-18-5-3-4-6-23(18)33-24(19)14-17;/h3-10,13-14,22,25-26,28-29H,11-12,15H2,1-2H3;1H/t22-;/m1./s1. The first-order valence-electron chi connectivity index (χ1n) is 10.7. The number of ether oxygens (including phenoxy) is 1. The van der Waals surface area contributed by atoms with Gasteiger partial charge >= 0.3 is 10.2 Å². The number of fused-ring (bicyclic) bond motifs is 3. The number of phenols is 1. The third kappa shape index (κ3) is 6.16. The van der Waals surface area contributed by atoms with E-state index in [2.05, 4.69) is 10.0 Å². The number of furan rings is 1. The molecule has 1 aromatic heterocycles. The Kier molecular flexibility index (Phi) is 8.47. The van der Waals surface area contributed by atoms with E-state index in [0.717, 1.165) is 26.2 Å². The van der Waals surface area contributed by atoms with Gasteiger partial charge in [0, 0.05) is 44.0 Å². The Morgan fingerprint density at radius 3 is 2.54 bits per heavy atom. The molecular weight excluding hydrogens is 494 g/mol. The molecule has 0 aliphatic heterocycles. The molecule has 4 rings (SSSR count). The van der Waals surface area contributed by atoms with Crippen LogP contribution in [0.3, 0.4) is 0 Å². The second-order valence-corrected chi connectivity index (χ2v) is 9.88. The van der Waals surface area contributed by atoms with Gasteiger partial charge in [0.05, 0.1) is 11.8 Å². The Morgan fingerprint density at radius 1 is 1.03 bits per heavy atom. The third-order valence-electron chi connectivity index (χ3n) is 5.36. The largest absolute Gasteiger partial charge is 0.506 e. The van der Waals surface area contributed by atoms with Gasteiger partial charge in [0.15, 0.2) is 0 Å². The number of nitrogens with zero attached hydrogens (tertiary/aromatic N) is 1. The van der Waals surface area contributed by atoms with Gasteiger partial charge in [-0.15, -0.1) is 12.4 Å². The third-order valence-corrected chi connectivity index (χ3v) is 6.80. The van der Waals surface area contributed by atoms with Gasteiger partial charge in [-0.3, -0.25) is 4.72 Å². The molecule has 3 aromatic carbocycles. The van der Waals surface area contributed by atoms with Crippen molar-refractivity contribution in [2.75, 3.05) is 38.5 Å². The van der Waals surface area contributed by atoms with E-state index < -0.39 is 16.3 Å². The summed E-state index contributed by atoms with van der Waals surface area (Å²) in [5.41, 5.74) is 2.04. The SMILES string of the molecule is CN(C)S(=O)(=O)Nc1cc([C@H](O)CNCCOc2ccc3c(c2)oc2ccccc23)ccc1O.Cl. The van der Waals surface area contributed by atoms with Crippen molar-refractivity contribution in [3.05, 3.63) is 66.2 Å². The topological polar surface area (TPSA) is 124 Å². The van der Waals surface area contributed by atoms with Gasteiger partial charge in [-0.25, -0.2) is 0 Å². The average Bonchev–Trinajstić information content (AvgIpc) is 3.17. The summed E-state index contributed by atoms with van der Waals surface area (Å²) >= 11 is 0. The lowest BCUT2D eigenvalue weighted by Gasteiger charge is -2.17. The molecule has 35 heavy (non-hydrogen) atoms. The van der Waals surface area contributed by atoms with E-state index in [0.29, 0.717) is 24.5 Å².